The Morgan fingerprint density at radius 1 is 1.16 bits per heavy atom. The van der Waals surface area contributed by atoms with Gasteiger partial charge in [0, 0.05) is 69.5 Å². The molecule has 2 fully saturated rings. The van der Waals surface area contributed by atoms with Gasteiger partial charge in [0.25, 0.3) is 0 Å². The molecule has 4 aromatic heterocycles. The second kappa shape index (κ2) is 10.3. The van der Waals surface area contributed by atoms with Crippen LogP contribution >= 0.6 is 0 Å². The van der Waals surface area contributed by atoms with Crippen molar-refractivity contribution in [2.75, 3.05) is 51.0 Å². The average molecular weight is 602 g/mol. The lowest BCUT2D eigenvalue weighted by molar-refractivity contribution is 0.0695. The van der Waals surface area contributed by atoms with Gasteiger partial charge in [-0.05, 0) is 50.8 Å². The number of hydrogen-bond donors (Lipinski definition) is 3. The molecule has 1 aliphatic carbocycles. The topological polar surface area (TPSA) is 119 Å². The second-order valence-corrected chi connectivity index (χ2v) is 12.4. The molecule has 2 aliphatic rings. The molecule has 5 heterocycles. The molecule has 12 heteroatoms. The van der Waals surface area contributed by atoms with E-state index in [4.69, 9.17) is 0 Å². The van der Waals surface area contributed by atoms with Crippen LogP contribution in [0.2, 0.25) is 0 Å². The summed E-state index contributed by atoms with van der Waals surface area (Å²) >= 11 is 0. The van der Waals surface area contributed by atoms with Gasteiger partial charge in [-0.2, -0.15) is 0 Å². The van der Waals surface area contributed by atoms with E-state index in [0.29, 0.717) is 62.5 Å². The summed E-state index contributed by atoms with van der Waals surface area (Å²) in [5.74, 6) is -1.85. The number of H-pyrrole nitrogens is 1. The Hall–Kier alpha value is -4.58. The van der Waals surface area contributed by atoms with E-state index in [1.54, 1.807) is 32.6 Å². The fraction of sp³-hybridized carbons (Fsp3) is 0.375. The molecule has 0 unspecified atom stereocenters. The van der Waals surface area contributed by atoms with Crippen molar-refractivity contribution >= 4 is 50.3 Å². The zero-order valence-corrected chi connectivity index (χ0v) is 24.9. The third kappa shape index (κ3) is 4.22. The van der Waals surface area contributed by atoms with Crippen molar-refractivity contribution in [3.8, 4) is 11.1 Å². The number of benzene rings is 1. The van der Waals surface area contributed by atoms with Gasteiger partial charge in [0.15, 0.2) is 11.6 Å². The normalized spacial score (nSPS) is 20.0. The molecule has 10 nitrogen and oxygen atoms in total. The number of halogens is 2. The van der Waals surface area contributed by atoms with Crippen molar-refractivity contribution in [3.63, 3.8) is 0 Å². The van der Waals surface area contributed by atoms with Crippen molar-refractivity contribution < 1.29 is 18.7 Å². The highest BCUT2D eigenvalue weighted by molar-refractivity contribution is 6.18. The third-order valence-corrected chi connectivity index (χ3v) is 9.51. The standard InChI is InChI=1S/C32H33F2N7O3/c1-35-23-8-22(33)26(34)24-25-28(41-12-16-6-5-15(11-39(2)3)20(16)14-41)19(10-36-30(25)38-27(23)24)17-7-18-29(42)21(32(43)44)13-40(4)31(18)37-9-17/h7-10,13,15-16,20,35H,5-6,11-12,14H2,1-4H3,(H,36,38)(H,43,44)/t15-,16+,20+/m0/s1. The molecule has 0 spiro atoms. The third-order valence-electron chi connectivity index (χ3n) is 9.51. The molecule has 1 saturated heterocycles. The Kier molecular flexibility index (Phi) is 6.58. The van der Waals surface area contributed by atoms with Gasteiger partial charge >= 0.3 is 5.97 Å². The van der Waals surface area contributed by atoms with Crippen LogP contribution in [-0.4, -0.2) is 76.3 Å². The molecule has 1 aromatic carbocycles. The quantitative estimate of drug-likeness (QED) is 0.257. The van der Waals surface area contributed by atoms with Gasteiger partial charge in [0.05, 0.1) is 33.1 Å². The molecule has 3 atom stereocenters. The van der Waals surface area contributed by atoms with Gasteiger partial charge in [-0.1, -0.05) is 0 Å². The van der Waals surface area contributed by atoms with Crippen molar-refractivity contribution in [2.24, 2.45) is 24.8 Å². The SMILES string of the molecule is CNc1cc(F)c(F)c2c1[nH]c1ncc(-c3cnc4c(c3)c(=O)c(C(=O)O)cn4C)c(N3C[C@H]4CC[C@@H](CN(C)C)[C@H]4C3)c12. The number of aromatic nitrogens is 4. The summed E-state index contributed by atoms with van der Waals surface area (Å²) in [5.41, 5.74) is 2.40. The number of rotatable bonds is 6. The zero-order chi connectivity index (χ0) is 31.0. The minimum atomic E-state index is -1.32. The summed E-state index contributed by atoms with van der Waals surface area (Å²) in [6.45, 7) is 2.47. The number of pyridine rings is 3. The van der Waals surface area contributed by atoms with Crippen LogP contribution in [0.5, 0.6) is 0 Å². The molecule has 0 amide bonds. The Morgan fingerprint density at radius 3 is 2.68 bits per heavy atom. The van der Waals surface area contributed by atoms with Crippen molar-refractivity contribution in [1.29, 1.82) is 0 Å². The molecule has 1 aliphatic heterocycles. The van der Waals surface area contributed by atoms with Gasteiger partial charge in [-0.25, -0.2) is 23.5 Å². The summed E-state index contributed by atoms with van der Waals surface area (Å²) in [6.07, 6.45) is 6.79. The lowest BCUT2D eigenvalue weighted by Crippen LogP contribution is -2.28. The molecule has 44 heavy (non-hydrogen) atoms. The number of aryl methyl sites for hydroxylation is 1. The first-order valence-electron chi connectivity index (χ1n) is 14.7. The van der Waals surface area contributed by atoms with Gasteiger partial charge in [0.1, 0.15) is 16.9 Å². The lowest BCUT2D eigenvalue weighted by atomic mass is 9.92. The van der Waals surface area contributed by atoms with Crippen LogP contribution in [0.1, 0.15) is 23.2 Å². The predicted octanol–water partition coefficient (Wildman–Crippen LogP) is 4.67. The highest BCUT2D eigenvalue weighted by Gasteiger charge is 2.43. The number of fused-ring (bicyclic) bond motifs is 5. The maximum atomic E-state index is 15.8. The van der Waals surface area contributed by atoms with E-state index in [-0.39, 0.29) is 16.3 Å². The lowest BCUT2D eigenvalue weighted by Gasteiger charge is -2.26. The highest BCUT2D eigenvalue weighted by atomic mass is 19.2. The van der Waals surface area contributed by atoms with E-state index < -0.39 is 23.0 Å². The van der Waals surface area contributed by atoms with Crippen LogP contribution in [0.25, 0.3) is 44.1 Å². The molecule has 5 aromatic rings. The van der Waals surface area contributed by atoms with Crippen LogP contribution in [0.15, 0.2) is 35.5 Å². The first kappa shape index (κ1) is 28.2. The maximum absolute atomic E-state index is 15.8. The summed E-state index contributed by atoms with van der Waals surface area (Å²) in [5, 5.41) is 13.3. The van der Waals surface area contributed by atoms with E-state index >= 15 is 4.39 Å². The number of anilines is 2. The van der Waals surface area contributed by atoms with Crippen LogP contribution in [-0.2, 0) is 7.05 Å². The first-order valence-corrected chi connectivity index (χ1v) is 14.7. The van der Waals surface area contributed by atoms with Gasteiger partial charge < -0.3 is 29.8 Å². The molecular weight excluding hydrogens is 568 g/mol. The number of carbonyl (C=O) groups is 1. The monoisotopic (exact) mass is 601 g/mol. The number of carboxylic acids is 1. The Labute approximate surface area is 251 Å². The smallest absolute Gasteiger partial charge is 0.341 e. The number of aromatic amines is 1. The summed E-state index contributed by atoms with van der Waals surface area (Å²) < 4.78 is 32.3. The predicted molar refractivity (Wildman–Crippen MR) is 166 cm³/mol. The fourth-order valence-corrected chi connectivity index (χ4v) is 7.60. The van der Waals surface area contributed by atoms with E-state index in [0.717, 1.165) is 38.5 Å². The number of aromatic carboxylic acids is 1. The number of carboxylic acid groups (broad SMARTS) is 1. The fourth-order valence-electron chi connectivity index (χ4n) is 7.60. The van der Waals surface area contributed by atoms with E-state index in [1.165, 1.54) is 10.8 Å². The Morgan fingerprint density at radius 2 is 1.95 bits per heavy atom. The summed E-state index contributed by atoms with van der Waals surface area (Å²) in [4.78, 5) is 41.9. The number of nitrogens with one attached hydrogen (secondary N) is 2. The first-order chi connectivity index (χ1) is 21.1. The van der Waals surface area contributed by atoms with Gasteiger partial charge in [-0.3, -0.25) is 4.79 Å². The van der Waals surface area contributed by atoms with Gasteiger partial charge in [0.2, 0.25) is 5.43 Å². The molecule has 3 N–H and O–H groups in total. The Bertz CT molecular complexity index is 2050. The molecule has 0 bridgehead atoms. The van der Waals surface area contributed by atoms with E-state index in [9.17, 15) is 19.1 Å². The molecule has 7 rings (SSSR count). The molecule has 0 radical (unpaired) electrons. The minimum absolute atomic E-state index is 0.105. The van der Waals surface area contributed by atoms with Crippen molar-refractivity contribution in [1.82, 2.24) is 24.4 Å². The number of hydrogen-bond acceptors (Lipinski definition) is 7. The summed E-state index contributed by atoms with van der Waals surface area (Å²) in [6, 6.07) is 2.75. The second-order valence-electron chi connectivity index (χ2n) is 12.4. The van der Waals surface area contributed by atoms with Crippen LogP contribution < -0.4 is 15.6 Å². The Balaban J connectivity index is 1.50. The molecule has 1 saturated carbocycles. The van der Waals surface area contributed by atoms with E-state index in [1.807, 2.05) is 0 Å². The van der Waals surface area contributed by atoms with Crippen LogP contribution in [0.4, 0.5) is 20.2 Å². The van der Waals surface area contributed by atoms with Crippen molar-refractivity contribution in [3.05, 3.63) is 58.1 Å². The summed E-state index contributed by atoms with van der Waals surface area (Å²) in [7, 11) is 7.45. The van der Waals surface area contributed by atoms with Crippen molar-refractivity contribution in [2.45, 2.75) is 12.8 Å². The van der Waals surface area contributed by atoms with Crippen LogP contribution in [0, 0.1) is 29.4 Å². The molecule has 228 valence electrons. The maximum Gasteiger partial charge on any atom is 0.341 e. The molecular formula is C32H33F2N7O3. The average Bonchev–Trinajstić information content (AvgIpc) is 3.69. The number of nitrogens with zero attached hydrogens (tertiary/aromatic N) is 5. The van der Waals surface area contributed by atoms with E-state index in [2.05, 4.69) is 44.2 Å². The van der Waals surface area contributed by atoms with Gasteiger partial charge in [-0.15, -0.1) is 0 Å². The largest absolute Gasteiger partial charge is 0.477 e. The minimum Gasteiger partial charge on any atom is -0.477 e. The highest BCUT2D eigenvalue weighted by Crippen LogP contribution is 2.49. The zero-order valence-electron chi connectivity index (χ0n) is 24.9. The van der Waals surface area contributed by atoms with Crippen LogP contribution in [0.3, 0.4) is 0 Å².